The third-order valence-electron chi connectivity index (χ3n) is 3.45. The monoisotopic (exact) mass is 274 g/mol. The van der Waals surface area contributed by atoms with E-state index in [2.05, 4.69) is 29.8 Å². The number of methoxy groups -OCH3 is 1. The van der Waals surface area contributed by atoms with Crippen LogP contribution in [0.1, 0.15) is 18.5 Å². The van der Waals surface area contributed by atoms with E-state index in [0.717, 1.165) is 5.56 Å². The topological polar surface area (TPSA) is 33.3 Å². The van der Waals surface area contributed by atoms with Crippen molar-refractivity contribution in [3.05, 3.63) is 48.2 Å². The molecule has 3 rings (SSSR count). The Kier molecular flexibility index (Phi) is 3.11. The van der Waals surface area contributed by atoms with Crippen molar-refractivity contribution in [2.45, 2.75) is 23.2 Å². The average molecular weight is 274 g/mol. The van der Waals surface area contributed by atoms with E-state index in [4.69, 9.17) is 4.74 Å². The number of aromatic hydroxyl groups is 1. The van der Waals surface area contributed by atoms with Gasteiger partial charge >= 0.3 is 0 Å². The van der Waals surface area contributed by atoms with Crippen LogP contribution in [0, 0.1) is 0 Å². The Labute approximate surface area is 116 Å². The summed E-state index contributed by atoms with van der Waals surface area (Å²) in [5, 5.41) is 11.4. The molecule has 0 radical (unpaired) electrons. The molecule has 1 aromatic heterocycles. The lowest BCUT2D eigenvalue weighted by Crippen LogP contribution is -2.40. The van der Waals surface area contributed by atoms with Crippen molar-refractivity contribution >= 4 is 11.8 Å². The van der Waals surface area contributed by atoms with E-state index >= 15 is 0 Å². The Morgan fingerprint density at radius 1 is 1.26 bits per heavy atom. The average Bonchev–Trinajstić information content (AvgIpc) is 2.75. The number of thioether (sulfide) groups is 1. The molecule has 2 aromatic rings. The van der Waals surface area contributed by atoms with Gasteiger partial charge in [-0.05, 0) is 43.0 Å². The van der Waals surface area contributed by atoms with E-state index in [0.29, 0.717) is 11.0 Å². The summed E-state index contributed by atoms with van der Waals surface area (Å²) in [7, 11) is 1.58. The quantitative estimate of drug-likeness (QED) is 0.855. The lowest BCUT2D eigenvalue weighted by Gasteiger charge is -2.12. The minimum atomic E-state index is 0.183. The third kappa shape index (κ3) is 2.06. The van der Waals surface area contributed by atoms with Gasteiger partial charge in [-0.25, -0.2) is 0 Å². The summed E-state index contributed by atoms with van der Waals surface area (Å²) in [4.78, 5) is 0. The maximum Gasteiger partial charge on any atom is 0.241 e. The van der Waals surface area contributed by atoms with Crippen molar-refractivity contribution in [2.24, 2.45) is 0 Å². The molecule has 1 aromatic carbocycles. The predicted octanol–water partition coefficient (Wildman–Crippen LogP) is 2.77. The van der Waals surface area contributed by atoms with Gasteiger partial charge in [-0.1, -0.05) is 0 Å². The van der Waals surface area contributed by atoms with Crippen LogP contribution in [0.25, 0.3) is 0 Å². The molecule has 0 fully saturated rings. The van der Waals surface area contributed by atoms with Crippen LogP contribution in [0.4, 0.5) is 0 Å². The zero-order chi connectivity index (χ0) is 13.4. The van der Waals surface area contributed by atoms with Gasteiger partial charge in [0.15, 0.2) is 23.7 Å². The van der Waals surface area contributed by atoms with Gasteiger partial charge in [-0.15, -0.1) is 0 Å². The summed E-state index contributed by atoms with van der Waals surface area (Å²) in [6.07, 6.45) is 2.11. The highest BCUT2D eigenvalue weighted by atomic mass is 32.2. The molecule has 2 atom stereocenters. The molecule has 2 unspecified atom stereocenters. The fourth-order valence-electron chi connectivity index (χ4n) is 2.56. The number of pyridine rings is 1. The van der Waals surface area contributed by atoms with Crippen LogP contribution in [0.2, 0.25) is 0 Å². The minimum absolute atomic E-state index is 0.183. The zero-order valence-electron chi connectivity index (χ0n) is 10.9. The largest absolute Gasteiger partial charge is 0.504 e. The van der Waals surface area contributed by atoms with Crippen molar-refractivity contribution in [3.63, 3.8) is 0 Å². The molecule has 0 saturated carbocycles. The van der Waals surface area contributed by atoms with E-state index in [1.807, 2.05) is 30.0 Å². The van der Waals surface area contributed by atoms with Crippen LogP contribution in [0.15, 0.2) is 47.6 Å². The van der Waals surface area contributed by atoms with Crippen molar-refractivity contribution in [2.75, 3.05) is 7.11 Å². The van der Waals surface area contributed by atoms with E-state index in [1.54, 1.807) is 13.2 Å². The second-order valence-corrected chi connectivity index (χ2v) is 6.04. The number of nitrogens with zero attached hydrogens (tertiary/aromatic N) is 1. The van der Waals surface area contributed by atoms with Crippen molar-refractivity contribution < 1.29 is 14.4 Å². The van der Waals surface area contributed by atoms with Crippen molar-refractivity contribution in [1.82, 2.24) is 0 Å². The molecule has 0 spiro atoms. The van der Waals surface area contributed by atoms with Gasteiger partial charge < -0.3 is 9.84 Å². The first-order valence-electron chi connectivity index (χ1n) is 6.24. The van der Waals surface area contributed by atoms with E-state index in [-0.39, 0.29) is 11.8 Å². The maximum atomic E-state index is 9.70. The first kappa shape index (κ1) is 12.4. The molecule has 0 aliphatic carbocycles. The fourth-order valence-corrected chi connectivity index (χ4v) is 3.81. The molecule has 1 aliphatic heterocycles. The van der Waals surface area contributed by atoms with Crippen LogP contribution in [-0.4, -0.2) is 17.5 Å². The zero-order valence-corrected chi connectivity index (χ0v) is 11.7. The number of aromatic nitrogens is 1. The van der Waals surface area contributed by atoms with Crippen LogP contribution >= 0.6 is 11.8 Å². The highest BCUT2D eigenvalue weighted by molar-refractivity contribution is 7.99. The molecule has 3 nitrogen and oxygen atoms in total. The van der Waals surface area contributed by atoms with Gasteiger partial charge in [-0.2, -0.15) is 4.57 Å². The number of ether oxygens (including phenoxy) is 1. The van der Waals surface area contributed by atoms with E-state index < -0.39 is 0 Å². The fraction of sp³-hybridized carbons (Fsp3) is 0.267. The Balaban J connectivity index is 2.07. The Morgan fingerprint density at radius 2 is 2.11 bits per heavy atom. The summed E-state index contributed by atoms with van der Waals surface area (Å²) < 4.78 is 7.48. The first-order valence-corrected chi connectivity index (χ1v) is 7.12. The summed E-state index contributed by atoms with van der Waals surface area (Å²) in [6, 6.07) is 12.1. The molecule has 1 aliphatic rings. The highest BCUT2D eigenvalue weighted by Gasteiger charge is 2.39. The second-order valence-electron chi connectivity index (χ2n) is 4.65. The van der Waals surface area contributed by atoms with Gasteiger partial charge in [0.1, 0.15) is 0 Å². The summed E-state index contributed by atoms with van der Waals surface area (Å²) in [5.74, 6) is 0.711. The first-order chi connectivity index (χ1) is 9.20. The summed E-state index contributed by atoms with van der Waals surface area (Å²) in [5.41, 5.74) is 1.16. The molecular formula is C15H16NO2S+. The number of hydrogen-bond acceptors (Lipinski definition) is 3. The van der Waals surface area contributed by atoms with Crippen molar-refractivity contribution in [1.29, 1.82) is 0 Å². The number of rotatable bonds is 2. The van der Waals surface area contributed by atoms with Crippen molar-refractivity contribution in [3.8, 4) is 11.5 Å². The predicted molar refractivity (Wildman–Crippen MR) is 74.8 cm³/mol. The van der Waals surface area contributed by atoms with Gasteiger partial charge in [0, 0.05) is 17.7 Å². The number of hydrogen-bond donors (Lipinski definition) is 1. The van der Waals surface area contributed by atoms with Crippen LogP contribution in [-0.2, 0) is 0 Å². The molecule has 98 valence electrons. The summed E-state index contributed by atoms with van der Waals surface area (Å²) >= 11 is 1.87. The molecular weight excluding hydrogens is 258 g/mol. The van der Waals surface area contributed by atoms with Crippen LogP contribution < -0.4 is 9.30 Å². The highest BCUT2D eigenvalue weighted by Crippen LogP contribution is 2.39. The molecule has 1 N–H and O–H groups in total. The van der Waals surface area contributed by atoms with Gasteiger partial charge in [0.2, 0.25) is 5.03 Å². The molecule has 2 heterocycles. The molecule has 4 heteroatoms. The SMILES string of the molecule is COc1cc(C2C(C)Sc3cccc[n+]32)ccc1O. The molecule has 0 amide bonds. The Morgan fingerprint density at radius 3 is 2.89 bits per heavy atom. The number of benzene rings is 1. The maximum absolute atomic E-state index is 9.70. The Bertz CT molecular complexity index is 615. The molecule has 0 bridgehead atoms. The number of phenolic OH excluding ortho intramolecular Hbond substituents is 1. The normalized spacial score (nSPS) is 21.2. The van der Waals surface area contributed by atoms with Gasteiger partial charge in [0.05, 0.1) is 12.4 Å². The number of fused-ring (bicyclic) bond motifs is 1. The Hall–Kier alpha value is -1.68. The second kappa shape index (κ2) is 4.78. The van der Waals surface area contributed by atoms with Crippen LogP contribution in [0.5, 0.6) is 11.5 Å². The van der Waals surface area contributed by atoms with E-state index in [1.165, 1.54) is 5.03 Å². The minimum Gasteiger partial charge on any atom is -0.504 e. The lowest BCUT2D eigenvalue weighted by molar-refractivity contribution is -0.741. The standard InChI is InChI=1S/C15H15NO2S/c1-10-15(16-8-4-3-5-14(16)19-10)11-6-7-12(17)13(9-11)18-2/h3-10,15H,1-2H3/p+1. The summed E-state index contributed by atoms with van der Waals surface area (Å²) in [6.45, 7) is 2.22. The van der Waals surface area contributed by atoms with Gasteiger partial charge in [-0.3, -0.25) is 0 Å². The smallest absolute Gasteiger partial charge is 0.241 e. The molecule has 19 heavy (non-hydrogen) atoms. The van der Waals surface area contributed by atoms with Crippen LogP contribution in [0.3, 0.4) is 0 Å². The lowest BCUT2D eigenvalue weighted by atomic mass is 10.0. The third-order valence-corrected chi connectivity index (χ3v) is 4.67. The number of phenols is 1. The molecule has 0 saturated heterocycles. The van der Waals surface area contributed by atoms with E-state index in [9.17, 15) is 5.11 Å². The van der Waals surface area contributed by atoms with Gasteiger partial charge in [0.25, 0.3) is 0 Å².